The van der Waals surface area contributed by atoms with Gasteiger partial charge >= 0.3 is 0 Å². The number of hydrogen-bond acceptors (Lipinski definition) is 3. The normalized spacial score (nSPS) is 22.1. The van der Waals surface area contributed by atoms with Crippen LogP contribution in [0.1, 0.15) is 17.5 Å². The molecule has 1 aliphatic heterocycles. The fraction of sp³-hybridized carbons (Fsp3) is 0.500. The molecule has 0 aliphatic carbocycles. The molecule has 5 heteroatoms. The molecule has 3 rings (SSSR count). The maximum absolute atomic E-state index is 13.1. The van der Waals surface area contributed by atoms with Crippen LogP contribution in [0.5, 0.6) is 0 Å². The molecule has 0 spiro atoms. The summed E-state index contributed by atoms with van der Waals surface area (Å²) in [6, 6.07) is 7.87. The summed E-state index contributed by atoms with van der Waals surface area (Å²) < 4.78 is 15.0. The smallest absolute Gasteiger partial charge is 0.123 e. The van der Waals surface area contributed by atoms with Crippen molar-refractivity contribution in [2.24, 2.45) is 7.05 Å². The zero-order chi connectivity index (χ0) is 16.4. The van der Waals surface area contributed by atoms with Gasteiger partial charge in [0, 0.05) is 38.4 Å². The van der Waals surface area contributed by atoms with E-state index < -0.39 is 0 Å². The molecule has 1 fully saturated rings. The van der Waals surface area contributed by atoms with Gasteiger partial charge in [0.15, 0.2) is 0 Å². The topological polar surface area (TPSA) is 24.3 Å². The highest BCUT2D eigenvalue weighted by atomic mass is 19.1. The number of hydrogen-bond donors (Lipinski definition) is 0. The Morgan fingerprint density at radius 3 is 2.57 bits per heavy atom. The first kappa shape index (κ1) is 16.1. The zero-order valence-electron chi connectivity index (χ0n) is 14.1. The summed E-state index contributed by atoms with van der Waals surface area (Å²) in [6.45, 7) is 1.95. The number of benzene rings is 1. The summed E-state index contributed by atoms with van der Waals surface area (Å²) in [7, 11) is 6.27. The van der Waals surface area contributed by atoms with E-state index in [-0.39, 0.29) is 5.82 Å². The number of aromatic nitrogens is 2. The molecule has 0 saturated carbocycles. The van der Waals surface area contributed by atoms with Gasteiger partial charge in [-0.05, 0) is 50.2 Å². The van der Waals surface area contributed by atoms with E-state index in [2.05, 4.69) is 35.2 Å². The standard InChI is InChI=1S/C18H25FN4/c1-21(2)17-8-9-23(13-14-4-6-16(19)7-5-14)18(17)10-15-11-20-22(3)12-15/h4-7,11-12,17-18H,8-10,13H2,1-3H3/t17-,18+/m1/s1. The predicted octanol–water partition coefficient (Wildman–Crippen LogP) is 2.31. The zero-order valence-corrected chi connectivity index (χ0v) is 14.1. The van der Waals surface area contributed by atoms with Gasteiger partial charge in [-0.25, -0.2) is 4.39 Å². The molecule has 2 heterocycles. The van der Waals surface area contributed by atoms with Crippen molar-refractivity contribution >= 4 is 0 Å². The number of rotatable bonds is 5. The van der Waals surface area contributed by atoms with Crippen LogP contribution in [0.4, 0.5) is 4.39 Å². The molecule has 124 valence electrons. The highest BCUT2D eigenvalue weighted by molar-refractivity contribution is 5.17. The van der Waals surface area contributed by atoms with Crippen LogP contribution in [-0.4, -0.2) is 52.3 Å². The van der Waals surface area contributed by atoms with E-state index in [9.17, 15) is 4.39 Å². The van der Waals surface area contributed by atoms with E-state index in [1.165, 1.54) is 17.5 Å². The molecule has 0 radical (unpaired) electrons. The second-order valence-corrected chi connectivity index (χ2v) is 6.71. The van der Waals surface area contributed by atoms with Crippen molar-refractivity contribution in [2.75, 3.05) is 20.6 Å². The van der Waals surface area contributed by atoms with E-state index in [0.717, 1.165) is 19.5 Å². The van der Waals surface area contributed by atoms with Crippen molar-refractivity contribution in [2.45, 2.75) is 31.5 Å². The molecule has 1 aliphatic rings. The van der Waals surface area contributed by atoms with Gasteiger partial charge in [-0.2, -0.15) is 5.10 Å². The van der Waals surface area contributed by atoms with E-state index in [1.54, 1.807) is 12.1 Å². The van der Waals surface area contributed by atoms with Gasteiger partial charge in [0.05, 0.1) is 6.20 Å². The minimum Gasteiger partial charge on any atom is -0.305 e. The van der Waals surface area contributed by atoms with E-state index in [1.807, 2.05) is 30.1 Å². The molecular weight excluding hydrogens is 291 g/mol. The number of nitrogens with zero attached hydrogens (tertiary/aromatic N) is 4. The number of likely N-dealkylation sites (N-methyl/N-ethyl adjacent to an activating group) is 1. The fourth-order valence-corrected chi connectivity index (χ4v) is 3.61. The Morgan fingerprint density at radius 1 is 1.22 bits per heavy atom. The minimum absolute atomic E-state index is 0.173. The Hall–Kier alpha value is -1.72. The lowest BCUT2D eigenvalue weighted by molar-refractivity contribution is 0.178. The molecule has 0 bridgehead atoms. The van der Waals surface area contributed by atoms with Gasteiger partial charge in [-0.3, -0.25) is 9.58 Å². The SMILES string of the molecule is CN(C)[C@@H]1CCN(Cc2ccc(F)cc2)[C@H]1Cc1cnn(C)c1. The van der Waals surface area contributed by atoms with Gasteiger partial charge in [0.25, 0.3) is 0 Å². The largest absolute Gasteiger partial charge is 0.305 e. The van der Waals surface area contributed by atoms with Crippen LogP contribution in [0.15, 0.2) is 36.7 Å². The molecule has 2 atom stereocenters. The summed E-state index contributed by atoms with van der Waals surface area (Å²) in [5.74, 6) is -0.173. The maximum Gasteiger partial charge on any atom is 0.123 e. The van der Waals surface area contributed by atoms with Gasteiger partial charge in [-0.15, -0.1) is 0 Å². The van der Waals surface area contributed by atoms with Crippen LogP contribution in [0, 0.1) is 5.82 Å². The highest BCUT2D eigenvalue weighted by Gasteiger charge is 2.35. The van der Waals surface area contributed by atoms with Gasteiger partial charge in [0.1, 0.15) is 5.82 Å². The lowest BCUT2D eigenvalue weighted by atomic mass is 10.0. The third-order valence-corrected chi connectivity index (χ3v) is 4.79. The molecule has 23 heavy (non-hydrogen) atoms. The average Bonchev–Trinajstić information content (AvgIpc) is 3.09. The maximum atomic E-state index is 13.1. The van der Waals surface area contributed by atoms with Crippen molar-refractivity contribution in [1.82, 2.24) is 19.6 Å². The molecule has 1 aromatic heterocycles. The molecule has 4 nitrogen and oxygen atoms in total. The van der Waals surface area contributed by atoms with Crippen molar-refractivity contribution in [3.05, 3.63) is 53.6 Å². The van der Waals surface area contributed by atoms with E-state index >= 15 is 0 Å². The molecule has 0 unspecified atom stereocenters. The Bertz CT molecular complexity index is 635. The van der Waals surface area contributed by atoms with Gasteiger partial charge in [0.2, 0.25) is 0 Å². The molecule has 2 aromatic rings. The molecule has 1 saturated heterocycles. The van der Waals surface area contributed by atoms with Crippen molar-refractivity contribution in [3.63, 3.8) is 0 Å². The quantitative estimate of drug-likeness (QED) is 0.846. The number of aryl methyl sites for hydroxylation is 1. The van der Waals surface area contributed by atoms with Crippen LogP contribution in [-0.2, 0) is 20.0 Å². The predicted molar refractivity (Wildman–Crippen MR) is 89.6 cm³/mol. The molecular formula is C18H25FN4. The summed E-state index contributed by atoms with van der Waals surface area (Å²) in [5.41, 5.74) is 2.44. The van der Waals surface area contributed by atoms with Crippen LogP contribution in [0.3, 0.4) is 0 Å². The number of likely N-dealkylation sites (tertiary alicyclic amines) is 1. The second-order valence-electron chi connectivity index (χ2n) is 6.71. The van der Waals surface area contributed by atoms with Crippen LogP contribution < -0.4 is 0 Å². The Labute approximate surface area is 137 Å². The Morgan fingerprint density at radius 2 is 1.96 bits per heavy atom. The summed E-state index contributed by atoms with van der Waals surface area (Å²) in [4.78, 5) is 4.84. The van der Waals surface area contributed by atoms with Crippen molar-refractivity contribution in [3.8, 4) is 0 Å². The molecule has 1 aromatic carbocycles. The van der Waals surface area contributed by atoms with Crippen LogP contribution >= 0.6 is 0 Å². The number of halogens is 1. The first-order chi connectivity index (χ1) is 11.0. The fourth-order valence-electron chi connectivity index (χ4n) is 3.61. The summed E-state index contributed by atoms with van der Waals surface area (Å²) in [5, 5.41) is 4.29. The summed E-state index contributed by atoms with van der Waals surface area (Å²) in [6.07, 6.45) is 6.22. The average molecular weight is 316 g/mol. The van der Waals surface area contributed by atoms with Crippen molar-refractivity contribution < 1.29 is 4.39 Å². The lowest BCUT2D eigenvalue weighted by Gasteiger charge is -2.31. The first-order valence-electron chi connectivity index (χ1n) is 8.15. The monoisotopic (exact) mass is 316 g/mol. The third kappa shape index (κ3) is 3.79. The Balaban J connectivity index is 1.75. The summed E-state index contributed by atoms with van der Waals surface area (Å²) >= 11 is 0. The second kappa shape index (κ2) is 6.81. The lowest BCUT2D eigenvalue weighted by Crippen LogP contribution is -2.43. The first-order valence-corrected chi connectivity index (χ1v) is 8.15. The van der Waals surface area contributed by atoms with Crippen LogP contribution in [0.2, 0.25) is 0 Å². The minimum atomic E-state index is -0.173. The molecule has 0 amide bonds. The third-order valence-electron chi connectivity index (χ3n) is 4.79. The van der Waals surface area contributed by atoms with E-state index in [4.69, 9.17) is 0 Å². The van der Waals surface area contributed by atoms with E-state index in [0.29, 0.717) is 12.1 Å². The highest BCUT2D eigenvalue weighted by Crippen LogP contribution is 2.26. The molecule has 0 N–H and O–H groups in total. The Kier molecular flexibility index (Phi) is 4.78. The van der Waals surface area contributed by atoms with Gasteiger partial charge in [-0.1, -0.05) is 12.1 Å². The van der Waals surface area contributed by atoms with Gasteiger partial charge < -0.3 is 4.90 Å². The van der Waals surface area contributed by atoms with Crippen molar-refractivity contribution in [1.29, 1.82) is 0 Å². The van der Waals surface area contributed by atoms with Crippen LogP contribution in [0.25, 0.3) is 0 Å².